The fraction of sp³-hybridized carbons (Fsp3) is 0.571. The number of amides is 2. The smallest absolute Gasteiger partial charge is 0.239 e. The van der Waals surface area contributed by atoms with Crippen LogP contribution in [0.2, 0.25) is 0 Å². The number of hydrogen-bond acceptors (Lipinski definition) is 3. The third kappa shape index (κ3) is 13.0. The standard InChI is InChI=1S/C20H27N3O2.4C2H6/c1-4-16-7-6-15(14-17(16)5-2)10-11-23-13-12-22(3)18(20(23)25)8-9-19(21)24;4*1-2/h4-7,14,18H,1-2,8-13H2,3H3,(H2,21,24);4*1-2H3. The zero-order chi connectivity index (χ0) is 26.4. The van der Waals surface area contributed by atoms with Gasteiger partial charge < -0.3 is 10.6 Å². The number of carbonyl (C=O) groups excluding carboxylic acids is 2. The minimum absolute atomic E-state index is 0.0849. The van der Waals surface area contributed by atoms with Crippen LogP contribution in [0.4, 0.5) is 0 Å². The molecule has 33 heavy (non-hydrogen) atoms. The number of primary amides is 1. The molecule has 1 aromatic rings. The summed E-state index contributed by atoms with van der Waals surface area (Å²) in [5.74, 6) is -0.278. The van der Waals surface area contributed by atoms with Crippen molar-refractivity contribution in [3.8, 4) is 0 Å². The van der Waals surface area contributed by atoms with Crippen molar-refractivity contribution in [3.63, 3.8) is 0 Å². The lowest BCUT2D eigenvalue weighted by atomic mass is 10.0. The van der Waals surface area contributed by atoms with Gasteiger partial charge in [0.25, 0.3) is 0 Å². The average molecular weight is 462 g/mol. The van der Waals surface area contributed by atoms with E-state index in [2.05, 4.69) is 25.3 Å². The Bertz CT molecular complexity index is 671. The average Bonchev–Trinajstić information content (AvgIpc) is 2.88. The quantitative estimate of drug-likeness (QED) is 0.514. The Morgan fingerprint density at radius 3 is 2.03 bits per heavy atom. The van der Waals surface area contributed by atoms with E-state index in [1.807, 2.05) is 90.5 Å². The van der Waals surface area contributed by atoms with Gasteiger partial charge in [0.1, 0.15) is 0 Å². The Morgan fingerprint density at radius 1 is 1.00 bits per heavy atom. The molecular formula is C28H51N3O2. The predicted molar refractivity (Wildman–Crippen MR) is 147 cm³/mol. The van der Waals surface area contributed by atoms with Gasteiger partial charge in [-0.1, -0.05) is 98.9 Å². The fourth-order valence-corrected chi connectivity index (χ4v) is 3.20. The van der Waals surface area contributed by atoms with Crippen molar-refractivity contribution < 1.29 is 9.59 Å². The summed E-state index contributed by atoms with van der Waals surface area (Å²) in [6, 6.07) is 5.93. The lowest BCUT2D eigenvalue weighted by molar-refractivity contribution is -0.141. The van der Waals surface area contributed by atoms with Crippen LogP contribution in [0.1, 0.15) is 84.9 Å². The molecule has 1 atom stereocenters. The van der Waals surface area contributed by atoms with Gasteiger partial charge in [-0.25, -0.2) is 0 Å². The van der Waals surface area contributed by atoms with Gasteiger partial charge in [-0.15, -0.1) is 0 Å². The van der Waals surface area contributed by atoms with Crippen LogP contribution < -0.4 is 5.73 Å². The van der Waals surface area contributed by atoms with Crippen molar-refractivity contribution in [1.29, 1.82) is 0 Å². The molecule has 2 amide bonds. The molecule has 1 aliphatic rings. The molecule has 0 aromatic heterocycles. The summed E-state index contributed by atoms with van der Waals surface area (Å²) in [6.07, 6.45) is 5.14. The van der Waals surface area contributed by atoms with Crippen molar-refractivity contribution in [2.24, 2.45) is 5.73 Å². The highest BCUT2D eigenvalue weighted by Crippen LogP contribution is 2.18. The van der Waals surface area contributed by atoms with Gasteiger partial charge in [-0.05, 0) is 36.6 Å². The van der Waals surface area contributed by atoms with E-state index in [1.54, 1.807) is 0 Å². The summed E-state index contributed by atoms with van der Waals surface area (Å²) in [6.45, 7) is 25.8. The molecular weight excluding hydrogens is 410 g/mol. The number of benzene rings is 1. The number of hydrogen-bond donors (Lipinski definition) is 1. The molecule has 1 saturated heterocycles. The molecule has 0 bridgehead atoms. The van der Waals surface area contributed by atoms with Crippen LogP contribution in [0.3, 0.4) is 0 Å². The summed E-state index contributed by atoms with van der Waals surface area (Å²) in [5.41, 5.74) is 8.50. The highest BCUT2D eigenvalue weighted by atomic mass is 16.2. The maximum atomic E-state index is 12.7. The summed E-state index contributed by atoms with van der Waals surface area (Å²) < 4.78 is 0. The molecule has 1 unspecified atom stereocenters. The molecule has 1 aromatic carbocycles. The molecule has 1 heterocycles. The maximum absolute atomic E-state index is 12.7. The van der Waals surface area contributed by atoms with Gasteiger partial charge in [0.2, 0.25) is 11.8 Å². The summed E-state index contributed by atoms with van der Waals surface area (Å²) in [5, 5.41) is 0. The molecule has 5 heteroatoms. The Kier molecular flexibility index (Phi) is 24.3. The highest BCUT2D eigenvalue weighted by molar-refractivity contribution is 5.83. The monoisotopic (exact) mass is 461 g/mol. The van der Waals surface area contributed by atoms with Crippen molar-refractivity contribution in [3.05, 3.63) is 48.0 Å². The van der Waals surface area contributed by atoms with Crippen LogP contribution in [-0.2, 0) is 16.0 Å². The van der Waals surface area contributed by atoms with Gasteiger partial charge >= 0.3 is 0 Å². The maximum Gasteiger partial charge on any atom is 0.239 e. The third-order valence-electron chi connectivity index (χ3n) is 4.78. The molecule has 2 N–H and O–H groups in total. The Balaban J connectivity index is -0.00000101. The molecule has 190 valence electrons. The second-order valence-electron chi connectivity index (χ2n) is 6.45. The van der Waals surface area contributed by atoms with Crippen LogP contribution in [0, 0.1) is 0 Å². The van der Waals surface area contributed by atoms with E-state index in [0.29, 0.717) is 19.5 Å². The molecule has 0 aliphatic carbocycles. The van der Waals surface area contributed by atoms with E-state index in [9.17, 15) is 9.59 Å². The van der Waals surface area contributed by atoms with Gasteiger partial charge in [0, 0.05) is 26.1 Å². The zero-order valence-electron chi connectivity index (χ0n) is 22.9. The van der Waals surface area contributed by atoms with Gasteiger partial charge in [0.05, 0.1) is 6.04 Å². The second kappa shape index (κ2) is 22.8. The topological polar surface area (TPSA) is 66.6 Å². The number of likely N-dealkylation sites (N-methyl/N-ethyl adjacent to an activating group) is 1. The van der Waals surface area contributed by atoms with Crippen LogP contribution in [0.25, 0.3) is 12.2 Å². The van der Waals surface area contributed by atoms with Crippen molar-refractivity contribution in [2.45, 2.75) is 80.7 Å². The van der Waals surface area contributed by atoms with Crippen LogP contribution in [0.5, 0.6) is 0 Å². The van der Waals surface area contributed by atoms with Crippen molar-refractivity contribution in [1.82, 2.24) is 9.80 Å². The second-order valence-corrected chi connectivity index (χ2v) is 6.45. The third-order valence-corrected chi connectivity index (χ3v) is 4.78. The molecule has 0 saturated carbocycles. The molecule has 1 aliphatic heterocycles. The highest BCUT2D eigenvalue weighted by Gasteiger charge is 2.32. The first-order valence-electron chi connectivity index (χ1n) is 12.6. The summed E-state index contributed by atoms with van der Waals surface area (Å²) >= 11 is 0. The predicted octanol–water partition coefficient (Wildman–Crippen LogP) is 6.03. The lowest BCUT2D eigenvalue weighted by Crippen LogP contribution is -2.56. The number of carbonyl (C=O) groups is 2. The van der Waals surface area contributed by atoms with Crippen LogP contribution in [0.15, 0.2) is 31.4 Å². The SMILES string of the molecule is C=Cc1ccc(CCN2CCN(C)C(CCC(N)=O)C2=O)cc1C=C.CC.CC.CC.CC. The first kappa shape index (κ1) is 35.2. The first-order chi connectivity index (χ1) is 16.0. The van der Waals surface area contributed by atoms with E-state index in [0.717, 1.165) is 24.1 Å². The zero-order valence-corrected chi connectivity index (χ0v) is 22.9. The van der Waals surface area contributed by atoms with Crippen LogP contribution >= 0.6 is 0 Å². The number of rotatable bonds is 8. The fourth-order valence-electron chi connectivity index (χ4n) is 3.20. The van der Waals surface area contributed by atoms with E-state index in [1.165, 1.54) is 5.56 Å². The Labute approximate surface area is 204 Å². The molecule has 5 nitrogen and oxygen atoms in total. The number of nitrogens with zero attached hydrogens (tertiary/aromatic N) is 2. The van der Waals surface area contributed by atoms with Gasteiger partial charge in [0.15, 0.2) is 0 Å². The van der Waals surface area contributed by atoms with Gasteiger partial charge in [-0.2, -0.15) is 0 Å². The normalized spacial score (nSPS) is 14.5. The first-order valence-corrected chi connectivity index (χ1v) is 12.6. The summed E-state index contributed by atoms with van der Waals surface area (Å²) in [7, 11) is 1.92. The number of nitrogens with two attached hydrogens (primary N) is 1. The van der Waals surface area contributed by atoms with E-state index < -0.39 is 0 Å². The van der Waals surface area contributed by atoms with Gasteiger partial charge in [-0.3, -0.25) is 14.5 Å². The Morgan fingerprint density at radius 2 is 1.55 bits per heavy atom. The Hall–Kier alpha value is -2.40. The summed E-state index contributed by atoms with van der Waals surface area (Å²) in [4.78, 5) is 27.6. The van der Waals surface area contributed by atoms with E-state index in [4.69, 9.17) is 5.73 Å². The minimum atomic E-state index is -0.363. The van der Waals surface area contributed by atoms with E-state index >= 15 is 0 Å². The molecule has 0 spiro atoms. The molecule has 2 rings (SSSR count). The molecule has 1 fully saturated rings. The molecule has 0 radical (unpaired) electrons. The van der Waals surface area contributed by atoms with Crippen LogP contribution in [-0.4, -0.2) is 54.3 Å². The van der Waals surface area contributed by atoms with Crippen molar-refractivity contribution in [2.75, 3.05) is 26.7 Å². The lowest BCUT2D eigenvalue weighted by Gasteiger charge is -2.38. The number of piperazine rings is 1. The minimum Gasteiger partial charge on any atom is -0.370 e. The van der Waals surface area contributed by atoms with E-state index in [-0.39, 0.29) is 24.3 Å². The van der Waals surface area contributed by atoms with Crippen molar-refractivity contribution >= 4 is 24.0 Å². The largest absolute Gasteiger partial charge is 0.370 e.